The Bertz CT molecular complexity index is 206. The van der Waals surface area contributed by atoms with Crippen molar-refractivity contribution in [2.24, 2.45) is 4.99 Å². The number of aliphatic imine (C=N–C) groups is 1. The summed E-state index contributed by atoms with van der Waals surface area (Å²) in [6, 6.07) is 9.50. The third-order valence-electron chi connectivity index (χ3n) is 1.08. The van der Waals surface area contributed by atoms with E-state index in [1.807, 2.05) is 30.3 Å². The zero-order valence-electron chi connectivity index (χ0n) is 5.57. The molecule has 0 fully saturated rings. The van der Waals surface area contributed by atoms with Gasteiger partial charge in [-0.1, -0.05) is 18.2 Å². The molecule has 1 rings (SSSR count). The minimum atomic E-state index is -0.00507. The second-order valence-corrected chi connectivity index (χ2v) is 1.83. The normalized spacial score (nSPS) is 10.5. The van der Waals surface area contributed by atoms with Crippen molar-refractivity contribution in [1.29, 1.82) is 0 Å². The second kappa shape index (κ2) is 3.80. The van der Waals surface area contributed by atoms with Gasteiger partial charge in [0.25, 0.3) is 0 Å². The van der Waals surface area contributed by atoms with Gasteiger partial charge in [-0.2, -0.15) is 0 Å². The van der Waals surface area contributed by atoms with Crippen LogP contribution in [0.25, 0.3) is 0 Å². The number of para-hydroxylation sites is 1. The topological polar surface area (TPSA) is 32.6 Å². The Kier molecular flexibility index (Phi) is 2.64. The Labute approximate surface area is 59.9 Å². The van der Waals surface area contributed by atoms with Gasteiger partial charge >= 0.3 is 0 Å². The van der Waals surface area contributed by atoms with Gasteiger partial charge in [-0.15, -0.1) is 0 Å². The molecule has 0 heterocycles. The van der Waals surface area contributed by atoms with Crippen LogP contribution in [0.2, 0.25) is 0 Å². The first kappa shape index (κ1) is 6.96. The van der Waals surface area contributed by atoms with E-state index in [1.54, 1.807) is 0 Å². The first-order chi connectivity index (χ1) is 4.93. The standard InChI is InChI=1S/C8H9NO/c10-7-6-9-8-4-2-1-3-5-8/h1-6,10H,7H2. The highest BCUT2D eigenvalue weighted by Crippen LogP contribution is 2.07. The van der Waals surface area contributed by atoms with Crippen LogP contribution in [0.5, 0.6) is 0 Å². The molecule has 1 N–H and O–H groups in total. The number of benzene rings is 1. The van der Waals surface area contributed by atoms with E-state index >= 15 is 0 Å². The molecule has 2 heteroatoms. The summed E-state index contributed by atoms with van der Waals surface area (Å²) in [5, 5.41) is 8.38. The minimum Gasteiger partial charge on any atom is -0.391 e. The van der Waals surface area contributed by atoms with Gasteiger partial charge in [0.05, 0.1) is 12.3 Å². The monoisotopic (exact) mass is 135 g/mol. The van der Waals surface area contributed by atoms with Gasteiger partial charge in [-0.05, 0) is 12.1 Å². The predicted molar refractivity (Wildman–Crippen MR) is 41.7 cm³/mol. The molecule has 0 aliphatic rings. The van der Waals surface area contributed by atoms with E-state index in [4.69, 9.17) is 5.11 Å². The lowest BCUT2D eigenvalue weighted by atomic mass is 10.3. The average Bonchev–Trinajstić information content (AvgIpc) is 2.03. The Hall–Kier alpha value is -1.15. The molecular formula is C8H9NO. The fourth-order valence-electron chi connectivity index (χ4n) is 0.660. The maximum atomic E-state index is 8.38. The summed E-state index contributed by atoms with van der Waals surface area (Å²) in [5.41, 5.74) is 0.872. The average molecular weight is 135 g/mol. The van der Waals surface area contributed by atoms with Gasteiger partial charge in [-0.25, -0.2) is 0 Å². The SMILES string of the molecule is OCC=Nc1ccccc1. The largest absolute Gasteiger partial charge is 0.391 e. The van der Waals surface area contributed by atoms with Gasteiger partial charge in [0.2, 0.25) is 0 Å². The molecule has 0 bridgehead atoms. The van der Waals surface area contributed by atoms with Crippen molar-refractivity contribution in [1.82, 2.24) is 0 Å². The second-order valence-electron chi connectivity index (χ2n) is 1.83. The Balaban J connectivity index is 2.67. The third-order valence-corrected chi connectivity index (χ3v) is 1.08. The van der Waals surface area contributed by atoms with Crippen molar-refractivity contribution in [3.63, 3.8) is 0 Å². The third kappa shape index (κ3) is 1.99. The first-order valence-corrected chi connectivity index (χ1v) is 3.12. The maximum Gasteiger partial charge on any atom is 0.0784 e. The summed E-state index contributed by atoms with van der Waals surface area (Å²) in [7, 11) is 0. The van der Waals surface area contributed by atoms with Crippen LogP contribution in [0.4, 0.5) is 5.69 Å². The molecule has 0 spiro atoms. The molecule has 0 atom stereocenters. The predicted octanol–water partition coefficient (Wildman–Crippen LogP) is 1.38. The minimum absolute atomic E-state index is 0.00507. The van der Waals surface area contributed by atoms with Crippen LogP contribution in [0.15, 0.2) is 35.3 Å². The molecular weight excluding hydrogens is 126 g/mol. The van der Waals surface area contributed by atoms with Crippen LogP contribution in [0, 0.1) is 0 Å². The van der Waals surface area contributed by atoms with Crippen LogP contribution in [-0.2, 0) is 0 Å². The van der Waals surface area contributed by atoms with Crippen molar-refractivity contribution in [3.8, 4) is 0 Å². The quantitative estimate of drug-likeness (QED) is 0.610. The van der Waals surface area contributed by atoms with E-state index in [2.05, 4.69) is 4.99 Å². The van der Waals surface area contributed by atoms with Gasteiger partial charge < -0.3 is 5.11 Å². The van der Waals surface area contributed by atoms with Crippen LogP contribution in [0.3, 0.4) is 0 Å². The number of nitrogens with zero attached hydrogens (tertiary/aromatic N) is 1. The van der Waals surface area contributed by atoms with Crippen LogP contribution in [-0.4, -0.2) is 17.9 Å². The molecule has 0 saturated carbocycles. The van der Waals surface area contributed by atoms with Crippen molar-refractivity contribution in [2.75, 3.05) is 6.61 Å². The summed E-state index contributed by atoms with van der Waals surface area (Å²) in [6.07, 6.45) is 1.47. The van der Waals surface area contributed by atoms with Crippen molar-refractivity contribution >= 4 is 11.9 Å². The number of hydrogen-bond donors (Lipinski definition) is 1. The zero-order chi connectivity index (χ0) is 7.23. The van der Waals surface area contributed by atoms with Crippen molar-refractivity contribution < 1.29 is 5.11 Å². The number of aliphatic hydroxyl groups excluding tert-OH is 1. The van der Waals surface area contributed by atoms with E-state index in [0.29, 0.717) is 0 Å². The van der Waals surface area contributed by atoms with E-state index in [9.17, 15) is 0 Å². The molecule has 0 saturated heterocycles. The summed E-state index contributed by atoms with van der Waals surface area (Å²) in [4.78, 5) is 3.95. The maximum absolute atomic E-state index is 8.38. The molecule has 52 valence electrons. The number of rotatable bonds is 2. The van der Waals surface area contributed by atoms with Crippen molar-refractivity contribution in [2.45, 2.75) is 0 Å². The van der Waals surface area contributed by atoms with E-state index in [1.165, 1.54) is 6.21 Å². The van der Waals surface area contributed by atoms with Gasteiger partial charge in [-0.3, -0.25) is 4.99 Å². The first-order valence-electron chi connectivity index (χ1n) is 3.12. The van der Waals surface area contributed by atoms with Crippen molar-refractivity contribution in [3.05, 3.63) is 30.3 Å². The van der Waals surface area contributed by atoms with E-state index in [0.717, 1.165) is 5.69 Å². The fourth-order valence-corrected chi connectivity index (χ4v) is 0.660. The van der Waals surface area contributed by atoms with Crippen LogP contribution >= 0.6 is 0 Å². The lowest BCUT2D eigenvalue weighted by Crippen LogP contribution is -1.79. The highest BCUT2D eigenvalue weighted by atomic mass is 16.2. The summed E-state index contributed by atoms with van der Waals surface area (Å²) < 4.78 is 0. The van der Waals surface area contributed by atoms with Gasteiger partial charge in [0, 0.05) is 6.21 Å². The number of hydrogen-bond acceptors (Lipinski definition) is 2. The van der Waals surface area contributed by atoms with Gasteiger partial charge in [0.1, 0.15) is 0 Å². The molecule has 0 aliphatic heterocycles. The highest BCUT2D eigenvalue weighted by molar-refractivity contribution is 5.63. The Morgan fingerprint density at radius 3 is 2.60 bits per heavy atom. The smallest absolute Gasteiger partial charge is 0.0784 e. The lowest BCUT2D eigenvalue weighted by Gasteiger charge is -1.88. The lowest BCUT2D eigenvalue weighted by molar-refractivity contribution is 0.361. The molecule has 0 aliphatic carbocycles. The molecule has 2 nitrogen and oxygen atoms in total. The van der Waals surface area contributed by atoms with Gasteiger partial charge in [0.15, 0.2) is 0 Å². The van der Waals surface area contributed by atoms with E-state index in [-0.39, 0.29) is 6.61 Å². The Morgan fingerprint density at radius 2 is 2.00 bits per heavy atom. The molecule has 0 unspecified atom stereocenters. The number of aliphatic hydroxyl groups is 1. The molecule has 0 radical (unpaired) electrons. The highest BCUT2D eigenvalue weighted by Gasteiger charge is 1.80. The summed E-state index contributed by atoms with van der Waals surface area (Å²) in [6.45, 7) is -0.00507. The molecule has 1 aromatic rings. The Morgan fingerprint density at radius 1 is 1.30 bits per heavy atom. The van der Waals surface area contributed by atoms with Crippen LogP contribution in [0.1, 0.15) is 0 Å². The molecule has 0 amide bonds. The summed E-state index contributed by atoms with van der Waals surface area (Å²) in [5.74, 6) is 0. The molecule has 10 heavy (non-hydrogen) atoms. The fraction of sp³-hybridized carbons (Fsp3) is 0.125. The molecule has 0 aromatic heterocycles. The molecule has 1 aromatic carbocycles. The van der Waals surface area contributed by atoms with E-state index < -0.39 is 0 Å². The van der Waals surface area contributed by atoms with Crippen LogP contribution < -0.4 is 0 Å². The summed E-state index contributed by atoms with van der Waals surface area (Å²) >= 11 is 0. The zero-order valence-corrected chi connectivity index (χ0v) is 5.57.